The smallest absolute Gasteiger partial charge is 0.308 e. The number of anilines is 1. The average molecular weight is 239 g/mol. The minimum atomic E-state index is -0.875. The third-order valence-electron chi connectivity index (χ3n) is 2.76. The number of carbonyl (C=O) groups excluding carboxylic acids is 1. The fourth-order valence-corrected chi connectivity index (χ4v) is 1.88. The van der Waals surface area contributed by atoms with Gasteiger partial charge in [0, 0.05) is 13.1 Å². The fraction of sp³-hybridized carbons (Fsp3) is 0.556. The number of H-pyrrole nitrogens is 1. The van der Waals surface area contributed by atoms with Gasteiger partial charge in [-0.1, -0.05) is 0 Å². The van der Waals surface area contributed by atoms with Crippen molar-refractivity contribution in [1.82, 2.24) is 20.1 Å². The molecule has 0 spiro atoms. The molecule has 1 unspecified atom stereocenters. The lowest BCUT2D eigenvalue weighted by atomic mass is 9.98. The maximum absolute atomic E-state index is 11.9. The molecule has 0 aliphatic carbocycles. The summed E-state index contributed by atoms with van der Waals surface area (Å²) in [7, 11) is 0. The minimum absolute atomic E-state index is 0.000133. The number of aromatic amines is 1. The Morgan fingerprint density at radius 1 is 1.53 bits per heavy atom. The first-order chi connectivity index (χ1) is 8.08. The van der Waals surface area contributed by atoms with E-state index in [0.29, 0.717) is 19.4 Å². The zero-order valence-corrected chi connectivity index (χ0v) is 9.09. The number of nitrogens with two attached hydrogens (primary N) is 1. The van der Waals surface area contributed by atoms with Gasteiger partial charge in [-0.05, 0) is 12.8 Å². The number of aliphatic carboxylic acids is 1. The van der Waals surface area contributed by atoms with Crippen LogP contribution in [0.25, 0.3) is 0 Å². The van der Waals surface area contributed by atoms with E-state index in [1.807, 2.05) is 0 Å². The maximum Gasteiger partial charge on any atom is 0.308 e. The molecule has 1 saturated heterocycles. The van der Waals surface area contributed by atoms with Crippen LogP contribution in [0.2, 0.25) is 0 Å². The molecule has 1 atom stereocenters. The van der Waals surface area contributed by atoms with Crippen LogP contribution in [0.5, 0.6) is 0 Å². The standard InChI is InChI=1S/C9H13N5O3/c10-9-11-6(12-13-9)7(15)14-3-1-2-5(4-14)8(16)17/h5H,1-4H2,(H,16,17)(H3,10,11,12,13). The summed E-state index contributed by atoms with van der Waals surface area (Å²) in [5.74, 6) is -1.69. The molecule has 1 fully saturated rings. The molecule has 8 heteroatoms. The maximum atomic E-state index is 11.9. The van der Waals surface area contributed by atoms with Gasteiger partial charge in [0.1, 0.15) is 0 Å². The number of hydrogen-bond acceptors (Lipinski definition) is 5. The molecular weight excluding hydrogens is 226 g/mol. The van der Waals surface area contributed by atoms with Crippen LogP contribution >= 0.6 is 0 Å². The lowest BCUT2D eigenvalue weighted by molar-refractivity contribution is -0.143. The van der Waals surface area contributed by atoms with E-state index in [9.17, 15) is 9.59 Å². The predicted octanol–water partition coefficient (Wildman–Crippen LogP) is -0.676. The Hall–Kier alpha value is -2.12. The predicted molar refractivity (Wildman–Crippen MR) is 57.1 cm³/mol. The SMILES string of the molecule is Nc1n[nH]c(C(=O)N2CCCC(C(=O)O)C2)n1. The second-order valence-electron chi connectivity index (χ2n) is 3.97. The van der Waals surface area contributed by atoms with Gasteiger partial charge in [0.05, 0.1) is 5.92 Å². The molecule has 0 bridgehead atoms. The van der Waals surface area contributed by atoms with Crippen LogP contribution in [-0.4, -0.2) is 50.2 Å². The van der Waals surface area contributed by atoms with E-state index in [1.165, 1.54) is 4.90 Å². The van der Waals surface area contributed by atoms with Gasteiger partial charge in [-0.25, -0.2) is 0 Å². The molecule has 0 aromatic carbocycles. The van der Waals surface area contributed by atoms with Gasteiger partial charge in [-0.15, -0.1) is 5.10 Å². The lowest BCUT2D eigenvalue weighted by Crippen LogP contribution is -2.42. The minimum Gasteiger partial charge on any atom is -0.481 e. The molecule has 2 heterocycles. The van der Waals surface area contributed by atoms with Crippen molar-refractivity contribution >= 4 is 17.8 Å². The second kappa shape index (κ2) is 4.40. The fourth-order valence-electron chi connectivity index (χ4n) is 1.88. The number of aromatic nitrogens is 3. The molecule has 1 aliphatic heterocycles. The van der Waals surface area contributed by atoms with Gasteiger partial charge in [0.15, 0.2) is 0 Å². The van der Waals surface area contributed by atoms with Crippen molar-refractivity contribution in [1.29, 1.82) is 0 Å². The number of carboxylic acids is 1. The molecule has 1 amide bonds. The quantitative estimate of drug-likeness (QED) is 0.628. The number of hydrogen-bond donors (Lipinski definition) is 3. The topological polar surface area (TPSA) is 125 Å². The molecule has 17 heavy (non-hydrogen) atoms. The van der Waals surface area contributed by atoms with Crippen molar-refractivity contribution in [3.8, 4) is 0 Å². The zero-order chi connectivity index (χ0) is 12.4. The number of nitrogens with one attached hydrogen (secondary N) is 1. The van der Waals surface area contributed by atoms with E-state index in [1.54, 1.807) is 0 Å². The van der Waals surface area contributed by atoms with Crippen molar-refractivity contribution in [2.24, 2.45) is 5.92 Å². The third kappa shape index (κ3) is 2.35. The zero-order valence-electron chi connectivity index (χ0n) is 9.09. The van der Waals surface area contributed by atoms with Gasteiger partial charge < -0.3 is 15.7 Å². The van der Waals surface area contributed by atoms with Crippen LogP contribution in [0.1, 0.15) is 23.5 Å². The Kier molecular flexibility index (Phi) is 2.94. The number of carbonyl (C=O) groups is 2. The van der Waals surface area contributed by atoms with E-state index < -0.39 is 11.9 Å². The highest BCUT2D eigenvalue weighted by Gasteiger charge is 2.29. The number of likely N-dealkylation sites (tertiary alicyclic amines) is 1. The first-order valence-corrected chi connectivity index (χ1v) is 5.28. The molecule has 0 radical (unpaired) electrons. The van der Waals surface area contributed by atoms with E-state index in [-0.39, 0.29) is 24.2 Å². The number of nitrogen functional groups attached to an aromatic ring is 1. The molecule has 1 aromatic heterocycles. The molecule has 0 saturated carbocycles. The molecule has 92 valence electrons. The molecule has 1 aliphatic rings. The summed E-state index contributed by atoms with van der Waals surface area (Å²) < 4.78 is 0. The lowest BCUT2D eigenvalue weighted by Gasteiger charge is -2.29. The average Bonchev–Trinajstić information content (AvgIpc) is 2.75. The Labute approximate surface area is 96.8 Å². The van der Waals surface area contributed by atoms with Crippen molar-refractivity contribution in [3.05, 3.63) is 5.82 Å². The number of carboxylic acid groups (broad SMARTS) is 1. The summed E-state index contributed by atoms with van der Waals surface area (Å²) >= 11 is 0. The van der Waals surface area contributed by atoms with E-state index >= 15 is 0 Å². The van der Waals surface area contributed by atoms with Gasteiger partial charge in [-0.2, -0.15) is 4.98 Å². The van der Waals surface area contributed by atoms with Gasteiger partial charge in [0.2, 0.25) is 11.8 Å². The van der Waals surface area contributed by atoms with Crippen LogP contribution in [0.4, 0.5) is 5.95 Å². The summed E-state index contributed by atoms with van der Waals surface area (Å²) in [6.45, 7) is 0.734. The normalized spacial score (nSPS) is 20.2. The van der Waals surface area contributed by atoms with E-state index in [0.717, 1.165) is 0 Å². The second-order valence-corrected chi connectivity index (χ2v) is 3.97. The van der Waals surface area contributed by atoms with Gasteiger partial charge in [-0.3, -0.25) is 14.7 Å². The van der Waals surface area contributed by atoms with Crippen molar-refractivity contribution in [3.63, 3.8) is 0 Å². The highest BCUT2D eigenvalue weighted by atomic mass is 16.4. The van der Waals surface area contributed by atoms with Crippen molar-refractivity contribution in [2.45, 2.75) is 12.8 Å². The molecule has 1 aromatic rings. The van der Waals surface area contributed by atoms with Gasteiger partial charge in [0.25, 0.3) is 5.91 Å². The molecule has 4 N–H and O–H groups in total. The van der Waals surface area contributed by atoms with Gasteiger partial charge >= 0.3 is 5.97 Å². The number of nitrogens with zero attached hydrogens (tertiary/aromatic N) is 3. The Morgan fingerprint density at radius 2 is 2.29 bits per heavy atom. The highest BCUT2D eigenvalue weighted by Crippen LogP contribution is 2.17. The monoisotopic (exact) mass is 239 g/mol. The van der Waals surface area contributed by atoms with Crippen LogP contribution in [0.15, 0.2) is 0 Å². The van der Waals surface area contributed by atoms with Crippen LogP contribution in [-0.2, 0) is 4.79 Å². The largest absolute Gasteiger partial charge is 0.481 e. The summed E-state index contributed by atoms with van der Waals surface area (Å²) in [6, 6.07) is 0. The van der Waals surface area contributed by atoms with E-state index in [4.69, 9.17) is 10.8 Å². The van der Waals surface area contributed by atoms with Crippen molar-refractivity contribution < 1.29 is 14.7 Å². The number of rotatable bonds is 2. The summed E-state index contributed by atoms with van der Waals surface area (Å²) in [5, 5.41) is 14.9. The van der Waals surface area contributed by atoms with Crippen LogP contribution in [0, 0.1) is 5.92 Å². The Bertz CT molecular complexity index is 444. The Balaban J connectivity index is 2.07. The number of amides is 1. The van der Waals surface area contributed by atoms with Crippen LogP contribution in [0.3, 0.4) is 0 Å². The Morgan fingerprint density at radius 3 is 2.88 bits per heavy atom. The first-order valence-electron chi connectivity index (χ1n) is 5.28. The van der Waals surface area contributed by atoms with E-state index in [2.05, 4.69) is 15.2 Å². The highest BCUT2D eigenvalue weighted by molar-refractivity contribution is 5.91. The molecule has 8 nitrogen and oxygen atoms in total. The summed E-state index contributed by atoms with van der Waals surface area (Å²) in [5.41, 5.74) is 5.30. The van der Waals surface area contributed by atoms with Crippen LogP contribution < -0.4 is 5.73 Å². The number of piperidine rings is 1. The third-order valence-corrected chi connectivity index (χ3v) is 2.76. The van der Waals surface area contributed by atoms with Crippen molar-refractivity contribution in [2.75, 3.05) is 18.8 Å². The first kappa shape index (κ1) is 11.4. The summed E-state index contributed by atoms with van der Waals surface area (Å²) in [6.07, 6.45) is 1.27. The molecule has 2 rings (SSSR count). The summed E-state index contributed by atoms with van der Waals surface area (Å²) in [4.78, 5) is 28.0. The molecular formula is C9H13N5O3.